The SMILES string of the molecule is CCOc1ccc(N(NC(=O)c2ccccc2Cl)C(N)=S)cc1. The molecule has 0 aliphatic carbocycles. The number of ether oxygens (including phenoxy) is 1. The van der Waals surface area contributed by atoms with Crippen molar-refractivity contribution >= 4 is 40.5 Å². The summed E-state index contributed by atoms with van der Waals surface area (Å²) in [6, 6.07) is 13.8. The Morgan fingerprint density at radius 3 is 2.48 bits per heavy atom. The van der Waals surface area contributed by atoms with Crippen molar-refractivity contribution in [3.05, 3.63) is 59.1 Å². The number of anilines is 1. The van der Waals surface area contributed by atoms with Crippen LogP contribution in [0.3, 0.4) is 0 Å². The third-order valence-electron chi connectivity index (χ3n) is 2.96. The lowest BCUT2D eigenvalue weighted by Gasteiger charge is -2.23. The molecule has 0 heterocycles. The van der Waals surface area contributed by atoms with Crippen LogP contribution in [-0.2, 0) is 0 Å². The summed E-state index contributed by atoms with van der Waals surface area (Å²) in [6.07, 6.45) is 0. The Morgan fingerprint density at radius 1 is 1.26 bits per heavy atom. The van der Waals surface area contributed by atoms with Crippen molar-refractivity contribution in [2.45, 2.75) is 6.92 Å². The molecular formula is C16H16ClN3O2S. The molecule has 0 spiro atoms. The first-order valence-corrected chi connectivity index (χ1v) is 7.69. The summed E-state index contributed by atoms with van der Waals surface area (Å²) in [5.74, 6) is 0.314. The molecular weight excluding hydrogens is 334 g/mol. The van der Waals surface area contributed by atoms with E-state index in [1.807, 2.05) is 6.92 Å². The molecule has 0 unspecified atom stereocenters. The van der Waals surface area contributed by atoms with Crippen LogP contribution in [0.25, 0.3) is 0 Å². The maximum Gasteiger partial charge on any atom is 0.271 e. The summed E-state index contributed by atoms with van der Waals surface area (Å²) in [6.45, 7) is 2.47. The molecule has 2 rings (SSSR count). The quantitative estimate of drug-likeness (QED) is 0.655. The Hall–Kier alpha value is -2.31. The largest absolute Gasteiger partial charge is 0.494 e. The van der Waals surface area contributed by atoms with E-state index in [1.165, 1.54) is 5.01 Å². The summed E-state index contributed by atoms with van der Waals surface area (Å²) in [4.78, 5) is 12.3. The fourth-order valence-electron chi connectivity index (χ4n) is 1.91. The van der Waals surface area contributed by atoms with Crippen molar-refractivity contribution < 1.29 is 9.53 Å². The summed E-state index contributed by atoms with van der Waals surface area (Å²) in [7, 11) is 0. The number of carbonyl (C=O) groups excluding carboxylic acids is 1. The lowest BCUT2D eigenvalue weighted by Crippen LogP contribution is -2.49. The number of rotatable bonds is 4. The van der Waals surface area contributed by atoms with Gasteiger partial charge in [-0.15, -0.1) is 0 Å². The minimum Gasteiger partial charge on any atom is -0.494 e. The van der Waals surface area contributed by atoms with Gasteiger partial charge in [0, 0.05) is 0 Å². The number of nitrogens with one attached hydrogen (secondary N) is 1. The van der Waals surface area contributed by atoms with Gasteiger partial charge in [-0.1, -0.05) is 23.7 Å². The first kappa shape index (κ1) is 17.1. The zero-order valence-corrected chi connectivity index (χ0v) is 14.0. The topological polar surface area (TPSA) is 67.6 Å². The second-order valence-corrected chi connectivity index (χ2v) is 5.35. The van der Waals surface area contributed by atoms with E-state index >= 15 is 0 Å². The summed E-state index contributed by atoms with van der Waals surface area (Å²) < 4.78 is 5.38. The Kier molecular flexibility index (Phi) is 5.78. The minimum absolute atomic E-state index is 0.00886. The predicted molar refractivity (Wildman–Crippen MR) is 95.8 cm³/mol. The van der Waals surface area contributed by atoms with Gasteiger partial charge in [-0.2, -0.15) is 0 Å². The van der Waals surface area contributed by atoms with Gasteiger partial charge in [0.2, 0.25) is 0 Å². The molecule has 2 aromatic carbocycles. The molecule has 2 aromatic rings. The molecule has 23 heavy (non-hydrogen) atoms. The van der Waals surface area contributed by atoms with Crippen LogP contribution in [-0.4, -0.2) is 17.6 Å². The highest BCUT2D eigenvalue weighted by atomic mass is 35.5. The molecule has 5 nitrogen and oxygen atoms in total. The molecule has 1 amide bonds. The molecule has 0 atom stereocenters. The molecule has 0 aromatic heterocycles. The van der Waals surface area contributed by atoms with Crippen LogP contribution < -0.4 is 20.9 Å². The second-order valence-electron chi connectivity index (χ2n) is 4.52. The van der Waals surface area contributed by atoms with Crippen LogP contribution in [0.15, 0.2) is 48.5 Å². The van der Waals surface area contributed by atoms with Crippen molar-refractivity contribution in [3.63, 3.8) is 0 Å². The van der Waals surface area contributed by atoms with Crippen molar-refractivity contribution in [3.8, 4) is 5.75 Å². The Balaban J connectivity index is 2.20. The van der Waals surface area contributed by atoms with Crippen LogP contribution in [0.1, 0.15) is 17.3 Å². The molecule has 0 saturated heterocycles. The maximum absolute atomic E-state index is 12.3. The first-order valence-electron chi connectivity index (χ1n) is 6.91. The van der Waals surface area contributed by atoms with Crippen LogP contribution in [0.5, 0.6) is 5.75 Å². The number of nitrogens with two attached hydrogens (primary N) is 1. The fraction of sp³-hybridized carbons (Fsp3) is 0.125. The molecule has 0 saturated carbocycles. The van der Waals surface area contributed by atoms with E-state index in [4.69, 9.17) is 34.3 Å². The zero-order valence-electron chi connectivity index (χ0n) is 12.5. The van der Waals surface area contributed by atoms with E-state index < -0.39 is 5.91 Å². The third-order valence-corrected chi connectivity index (χ3v) is 3.47. The normalized spacial score (nSPS) is 10.0. The van der Waals surface area contributed by atoms with Gasteiger partial charge in [-0.25, -0.2) is 5.01 Å². The van der Waals surface area contributed by atoms with Crippen LogP contribution in [0, 0.1) is 0 Å². The highest BCUT2D eigenvalue weighted by molar-refractivity contribution is 7.80. The average molecular weight is 350 g/mol. The summed E-state index contributed by atoms with van der Waals surface area (Å²) >= 11 is 11.0. The molecule has 3 N–H and O–H groups in total. The van der Waals surface area contributed by atoms with Gasteiger partial charge in [-0.3, -0.25) is 10.2 Å². The van der Waals surface area contributed by atoms with E-state index in [-0.39, 0.29) is 5.11 Å². The number of hydrogen-bond acceptors (Lipinski definition) is 3. The van der Waals surface area contributed by atoms with Gasteiger partial charge in [0.25, 0.3) is 5.91 Å². The highest BCUT2D eigenvalue weighted by Crippen LogP contribution is 2.20. The monoisotopic (exact) mass is 349 g/mol. The number of hydrogen-bond donors (Lipinski definition) is 2. The van der Waals surface area contributed by atoms with Gasteiger partial charge in [-0.05, 0) is 55.5 Å². The van der Waals surface area contributed by atoms with Crippen LogP contribution in [0.4, 0.5) is 5.69 Å². The minimum atomic E-state index is -0.405. The van der Waals surface area contributed by atoms with Crippen molar-refractivity contribution in [2.75, 3.05) is 11.6 Å². The van der Waals surface area contributed by atoms with Gasteiger partial charge in [0.15, 0.2) is 5.11 Å². The highest BCUT2D eigenvalue weighted by Gasteiger charge is 2.16. The van der Waals surface area contributed by atoms with E-state index in [1.54, 1.807) is 48.5 Å². The summed E-state index contributed by atoms with van der Waals surface area (Å²) in [5.41, 5.74) is 9.30. The lowest BCUT2D eigenvalue weighted by atomic mass is 10.2. The Morgan fingerprint density at radius 2 is 1.91 bits per heavy atom. The van der Waals surface area contributed by atoms with Crippen molar-refractivity contribution in [1.29, 1.82) is 0 Å². The number of hydrazine groups is 1. The molecule has 0 fully saturated rings. The number of thiocarbonyl (C=S) groups is 1. The van der Waals surface area contributed by atoms with E-state index in [0.717, 1.165) is 5.75 Å². The maximum atomic E-state index is 12.3. The molecule has 0 aliphatic rings. The lowest BCUT2D eigenvalue weighted by molar-refractivity contribution is 0.0955. The van der Waals surface area contributed by atoms with Crippen LogP contribution >= 0.6 is 23.8 Å². The summed E-state index contributed by atoms with van der Waals surface area (Å²) in [5, 5.41) is 1.67. The molecule has 120 valence electrons. The van der Waals surface area contributed by atoms with Crippen LogP contribution in [0.2, 0.25) is 5.02 Å². The fourth-order valence-corrected chi connectivity index (χ4v) is 2.28. The molecule has 0 bridgehead atoms. The Labute approximate surface area is 145 Å². The standard InChI is InChI=1S/C16H16ClN3O2S/c1-2-22-12-9-7-11(8-10-12)20(16(18)23)19-15(21)13-5-3-4-6-14(13)17/h3-10H,2H2,1H3,(H2,18,23)(H,19,21). The average Bonchev–Trinajstić information content (AvgIpc) is 2.54. The molecule has 0 aliphatic heterocycles. The van der Waals surface area contributed by atoms with Crippen molar-refractivity contribution in [2.24, 2.45) is 5.73 Å². The number of amides is 1. The molecule has 7 heteroatoms. The molecule has 0 radical (unpaired) electrons. The number of halogens is 1. The van der Waals surface area contributed by atoms with Gasteiger partial charge < -0.3 is 10.5 Å². The predicted octanol–water partition coefficient (Wildman–Crippen LogP) is 3.13. The van der Waals surface area contributed by atoms with Gasteiger partial charge in [0.05, 0.1) is 22.9 Å². The smallest absolute Gasteiger partial charge is 0.271 e. The van der Waals surface area contributed by atoms with E-state index in [2.05, 4.69) is 5.43 Å². The number of carbonyl (C=O) groups is 1. The zero-order chi connectivity index (χ0) is 16.8. The number of benzene rings is 2. The first-order chi connectivity index (χ1) is 11.0. The second kappa shape index (κ2) is 7.80. The van der Waals surface area contributed by atoms with Crippen molar-refractivity contribution in [1.82, 2.24) is 5.43 Å². The van der Waals surface area contributed by atoms with Gasteiger partial charge >= 0.3 is 0 Å². The van der Waals surface area contributed by atoms with E-state index in [9.17, 15) is 4.79 Å². The van der Waals surface area contributed by atoms with Gasteiger partial charge in [0.1, 0.15) is 5.75 Å². The number of nitrogens with zero attached hydrogens (tertiary/aromatic N) is 1. The third kappa shape index (κ3) is 4.34. The van der Waals surface area contributed by atoms with E-state index in [0.29, 0.717) is 22.9 Å². The Bertz CT molecular complexity index is 707.